The molecule has 6 nitrogen and oxygen atoms in total. The summed E-state index contributed by atoms with van der Waals surface area (Å²) in [5.74, 6) is -0.914. The Morgan fingerprint density at radius 3 is 2.07 bits per heavy atom. The molecule has 1 unspecified atom stereocenters. The second kappa shape index (κ2) is 3.92. The smallest absolute Gasteiger partial charge is 0.369 e. The van der Waals surface area contributed by atoms with E-state index in [-0.39, 0.29) is 4.48 Å². The average molecular weight is 238 g/mol. The van der Waals surface area contributed by atoms with Crippen LogP contribution in [-0.2, 0) is 19.6 Å². The molecule has 0 saturated heterocycles. The van der Waals surface area contributed by atoms with Crippen molar-refractivity contribution in [2.75, 3.05) is 21.1 Å². The van der Waals surface area contributed by atoms with Crippen LogP contribution in [0.25, 0.3) is 0 Å². The fourth-order valence-corrected chi connectivity index (χ4v) is 1.64. The first-order chi connectivity index (χ1) is 6.45. The summed E-state index contributed by atoms with van der Waals surface area (Å²) >= 11 is 0. The van der Waals surface area contributed by atoms with Gasteiger partial charge in [0, 0.05) is 13.0 Å². The van der Waals surface area contributed by atoms with Crippen LogP contribution in [0.4, 0.5) is 0 Å². The predicted molar refractivity (Wildman–Crippen MR) is 54.3 cm³/mol. The summed E-state index contributed by atoms with van der Waals surface area (Å²) in [6, 6.07) is 0. The van der Waals surface area contributed by atoms with E-state index in [1.54, 1.807) is 0 Å². The highest BCUT2D eigenvalue weighted by Crippen LogP contribution is 2.26. The van der Waals surface area contributed by atoms with Crippen molar-refractivity contribution in [2.45, 2.75) is 12.0 Å². The van der Waals surface area contributed by atoms with Gasteiger partial charge in [-0.1, -0.05) is 6.58 Å². The minimum absolute atomic E-state index is 0.286. The third-order valence-electron chi connectivity index (χ3n) is 2.15. The lowest BCUT2D eigenvalue weighted by Crippen LogP contribution is -2.61. The van der Waals surface area contributed by atoms with Crippen molar-refractivity contribution >= 4 is 16.1 Å². The summed E-state index contributed by atoms with van der Waals surface area (Å²) in [5.41, 5.74) is 0. The molecule has 0 radical (unpaired) electrons. The fourth-order valence-electron chi connectivity index (χ4n) is 0.764. The first kappa shape index (κ1) is 14.1. The van der Waals surface area contributed by atoms with E-state index >= 15 is 0 Å². The summed E-state index contributed by atoms with van der Waals surface area (Å²) in [5, 5.41) is -2.06. The third-order valence-corrected chi connectivity index (χ3v) is 3.74. The number of esters is 1. The third kappa shape index (κ3) is 2.77. The maximum atomic E-state index is 11.2. The van der Waals surface area contributed by atoms with Crippen molar-refractivity contribution in [1.82, 2.24) is 0 Å². The summed E-state index contributed by atoms with van der Waals surface area (Å²) < 4.78 is 35.8. The van der Waals surface area contributed by atoms with Gasteiger partial charge < -0.3 is 4.74 Å². The molecule has 88 valence electrons. The zero-order chi connectivity index (χ0) is 12.5. The van der Waals surface area contributed by atoms with Crippen molar-refractivity contribution in [1.29, 1.82) is 0 Å². The quantitative estimate of drug-likeness (QED) is 0.245. The van der Waals surface area contributed by atoms with E-state index in [0.717, 1.165) is 13.0 Å². The van der Waals surface area contributed by atoms with Crippen molar-refractivity contribution in [3.05, 3.63) is 12.7 Å². The molecule has 0 bridgehead atoms. The SMILES string of the molecule is C=CC(=O)OC(C)([N+](C)(C)C)S(=O)(=O)O. The van der Waals surface area contributed by atoms with Crippen LogP contribution in [0.5, 0.6) is 0 Å². The molecule has 0 heterocycles. The van der Waals surface area contributed by atoms with Crippen LogP contribution in [0, 0.1) is 0 Å². The van der Waals surface area contributed by atoms with Gasteiger partial charge in [0.05, 0.1) is 21.1 Å². The van der Waals surface area contributed by atoms with Gasteiger partial charge in [-0.15, -0.1) is 0 Å². The molecule has 15 heavy (non-hydrogen) atoms. The number of quaternary nitrogens is 1. The first-order valence-electron chi connectivity index (χ1n) is 4.09. The number of carbonyl (C=O) groups is 1. The van der Waals surface area contributed by atoms with E-state index < -0.39 is 21.1 Å². The molecule has 0 aromatic carbocycles. The molecule has 0 amide bonds. The number of rotatable bonds is 4. The standard InChI is InChI=1S/C8H15NO5S/c1-6-7(10)14-8(2,9(3,4)5)15(11,12)13/h6H,1H2,2-5H3/p+1. The fraction of sp³-hybridized carbons (Fsp3) is 0.625. The number of hydrogen-bond donors (Lipinski definition) is 1. The van der Waals surface area contributed by atoms with Crippen LogP contribution in [0.3, 0.4) is 0 Å². The Hall–Kier alpha value is -0.920. The summed E-state index contributed by atoms with van der Waals surface area (Å²) in [6.45, 7) is 4.27. The molecule has 1 N–H and O–H groups in total. The van der Waals surface area contributed by atoms with Gasteiger partial charge in [0.2, 0.25) is 0 Å². The van der Waals surface area contributed by atoms with Gasteiger partial charge in [0.1, 0.15) is 0 Å². The summed E-state index contributed by atoms with van der Waals surface area (Å²) in [6.07, 6.45) is 0.832. The zero-order valence-electron chi connectivity index (χ0n) is 9.22. The topological polar surface area (TPSA) is 80.7 Å². The Morgan fingerprint density at radius 2 is 1.87 bits per heavy atom. The Balaban J connectivity index is 5.44. The molecule has 0 aliphatic rings. The minimum atomic E-state index is -4.55. The van der Waals surface area contributed by atoms with Gasteiger partial charge in [0.25, 0.3) is 0 Å². The molecule has 0 aromatic rings. The van der Waals surface area contributed by atoms with Crippen LogP contribution in [0.2, 0.25) is 0 Å². The number of hydrogen-bond acceptors (Lipinski definition) is 4. The van der Waals surface area contributed by atoms with E-state index in [0.29, 0.717) is 0 Å². The van der Waals surface area contributed by atoms with Crippen LogP contribution >= 0.6 is 0 Å². The van der Waals surface area contributed by atoms with Gasteiger partial charge in [-0.3, -0.25) is 9.04 Å². The van der Waals surface area contributed by atoms with Crippen LogP contribution in [0.1, 0.15) is 6.92 Å². The largest absolute Gasteiger partial charge is 0.390 e. The molecule has 0 spiro atoms. The number of ether oxygens (including phenoxy) is 1. The molecule has 7 heteroatoms. The monoisotopic (exact) mass is 238 g/mol. The number of carbonyl (C=O) groups excluding carboxylic acids is 1. The number of nitrogens with zero attached hydrogens (tertiary/aromatic N) is 1. The van der Waals surface area contributed by atoms with Crippen molar-refractivity contribution < 1.29 is 27.0 Å². The van der Waals surface area contributed by atoms with Gasteiger partial charge in [-0.05, 0) is 0 Å². The molecule has 1 atom stereocenters. The minimum Gasteiger partial charge on any atom is -0.390 e. The first-order valence-corrected chi connectivity index (χ1v) is 5.53. The molecule has 0 saturated carbocycles. The van der Waals surface area contributed by atoms with Crippen LogP contribution in [-0.4, -0.2) is 49.6 Å². The molecular weight excluding hydrogens is 222 g/mol. The van der Waals surface area contributed by atoms with Gasteiger partial charge in [-0.2, -0.15) is 8.42 Å². The Bertz CT molecular complexity index is 367. The molecule has 0 aromatic heterocycles. The van der Waals surface area contributed by atoms with E-state index in [9.17, 15) is 13.2 Å². The normalized spacial score (nSPS) is 16.6. The highest BCUT2D eigenvalue weighted by Gasteiger charge is 2.54. The Kier molecular flexibility index (Phi) is 3.67. The molecule has 0 rings (SSSR count). The van der Waals surface area contributed by atoms with Crippen molar-refractivity contribution in [2.24, 2.45) is 0 Å². The molecular formula is C8H16NO5S+. The molecule has 0 aliphatic carbocycles. The lowest BCUT2D eigenvalue weighted by molar-refractivity contribution is -0.927. The van der Waals surface area contributed by atoms with E-state index in [1.165, 1.54) is 21.1 Å². The van der Waals surface area contributed by atoms with Gasteiger partial charge in [0.15, 0.2) is 0 Å². The average Bonchev–Trinajstić information content (AvgIpc) is 1.99. The summed E-state index contributed by atoms with van der Waals surface area (Å²) in [7, 11) is -0.117. The lowest BCUT2D eigenvalue weighted by atomic mass is 10.5. The predicted octanol–water partition coefficient (Wildman–Crippen LogP) is -0.0167. The van der Waals surface area contributed by atoms with Gasteiger partial charge in [-0.25, -0.2) is 4.79 Å². The van der Waals surface area contributed by atoms with E-state index in [1.807, 2.05) is 0 Å². The maximum Gasteiger partial charge on any atom is 0.369 e. The lowest BCUT2D eigenvalue weighted by Gasteiger charge is -2.38. The van der Waals surface area contributed by atoms with Crippen LogP contribution in [0.15, 0.2) is 12.7 Å². The maximum absolute atomic E-state index is 11.2. The van der Waals surface area contributed by atoms with Gasteiger partial charge >= 0.3 is 21.1 Å². The zero-order valence-corrected chi connectivity index (χ0v) is 10.0. The second-order valence-electron chi connectivity index (χ2n) is 4.01. The highest BCUT2D eigenvalue weighted by atomic mass is 32.2. The molecule has 0 aliphatic heterocycles. The Labute approximate surface area is 89.5 Å². The van der Waals surface area contributed by atoms with Crippen molar-refractivity contribution in [3.63, 3.8) is 0 Å². The summed E-state index contributed by atoms with van der Waals surface area (Å²) in [4.78, 5) is 11.0. The van der Waals surface area contributed by atoms with Crippen LogP contribution < -0.4 is 0 Å². The highest BCUT2D eigenvalue weighted by molar-refractivity contribution is 7.86. The second-order valence-corrected chi connectivity index (χ2v) is 5.72. The van der Waals surface area contributed by atoms with Crippen molar-refractivity contribution in [3.8, 4) is 0 Å². The molecule has 0 fully saturated rings. The van der Waals surface area contributed by atoms with E-state index in [4.69, 9.17) is 9.29 Å². The van der Waals surface area contributed by atoms with E-state index in [2.05, 4.69) is 6.58 Å². The Morgan fingerprint density at radius 1 is 1.47 bits per heavy atom.